The summed E-state index contributed by atoms with van der Waals surface area (Å²) in [7, 11) is 1.85. The van der Waals surface area contributed by atoms with Crippen LogP contribution < -0.4 is 26.6 Å². The van der Waals surface area contributed by atoms with E-state index in [0.29, 0.717) is 48.7 Å². The number of likely N-dealkylation sites (tertiary alicyclic amines) is 1. The number of nitrogens with zero attached hydrogens (tertiary/aromatic N) is 1. The van der Waals surface area contributed by atoms with Crippen molar-refractivity contribution >= 4 is 64.6 Å². The maximum Gasteiger partial charge on any atom is 0.319 e. The van der Waals surface area contributed by atoms with E-state index in [-0.39, 0.29) is 37.2 Å². The van der Waals surface area contributed by atoms with Crippen molar-refractivity contribution in [3.05, 3.63) is 29.8 Å². The summed E-state index contributed by atoms with van der Waals surface area (Å²) in [5.41, 5.74) is 2.25. The fourth-order valence-electron chi connectivity index (χ4n) is 4.68. The standard InChI is InChI=1S/C31H49N7O5S2/c1-6-20(2)27(29(41)34-14-15-38-26(39)18-25(30(38)42)45-16-7-8-21(3)32)37-28(40)24(13-17-44-5)36-31(43)35-23-11-9-22(10-12-23)19-33-4/h9-12,20,24-25,27,32-33H,6-8,13-19H2,1-5H3,(H,34,41)(H,37,40)(H2,35,36,43)/t20-,24-,25?,27-/m0/s1. The Morgan fingerprint density at radius 3 is 2.42 bits per heavy atom. The molecule has 14 heteroatoms. The number of rotatable bonds is 20. The largest absolute Gasteiger partial charge is 0.353 e. The molecule has 1 aliphatic heterocycles. The van der Waals surface area contributed by atoms with Crippen LogP contribution >= 0.6 is 23.5 Å². The van der Waals surface area contributed by atoms with Crippen LogP contribution in [0.3, 0.4) is 0 Å². The van der Waals surface area contributed by atoms with Crippen molar-refractivity contribution in [2.75, 3.05) is 43.2 Å². The van der Waals surface area contributed by atoms with Gasteiger partial charge >= 0.3 is 6.03 Å². The minimum absolute atomic E-state index is 0.0508. The fraction of sp³-hybridized carbons (Fsp3) is 0.613. The summed E-state index contributed by atoms with van der Waals surface area (Å²) in [6, 6.07) is 5.12. The third-order valence-electron chi connectivity index (χ3n) is 7.47. The van der Waals surface area contributed by atoms with E-state index < -0.39 is 35.2 Å². The molecule has 1 heterocycles. The molecule has 6 N–H and O–H groups in total. The molecule has 45 heavy (non-hydrogen) atoms. The molecule has 12 nitrogen and oxygen atoms in total. The minimum atomic E-state index is -0.866. The van der Waals surface area contributed by atoms with Crippen LogP contribution in [0.2, 0.25) is 0 Å². The molecule has 0 radical (unpaired) electrons. The molecule has 1 aromatic rings. The number of thioether (sulfide) groups is 2. The van der Waals surface area contributed by atoms with E-state index in [4.69, 9.17) is 5.41 Å². The van der Waals surface area contributed by atoms with Crippen LogP contribution in [0.5, 0.6) is 0 Å². The van der Waals surface area contributed by atoms with E-state index in [1.165, 1.54) is 16.7 Å². The molecule has 2 rings (SSSR count). The van der Waals surface area contributed by atoms with Gasteiger partial charge in [-0.15, -0.1) is 11.8 Å². The Morgan fingerprint density at radius 2 is 1.80 bits per heavy atom. The first-order valence-corrected chi connectivity index (χ1v) is 17.8. The molecule has 1 aliphatic rings. The molecule has 1 aromatic carbocycles. The summed E-state index contributed by atoms with van der Waals surface area (Å²) < 4.78 is 0. The van der Waals surface area contributed by atoms with Crippen molar-refractivity contribution in [2.24, 2.45) is 5.92 Å². The molecule has 1 fully saturated rings. The number of benzene rings is 1. The highest BCUT2D eigenvalue weighted by Crippen LogP contribution is 2.25. The van der Waals surface area contributed by atoms with E-state index >= 15 is 0 Å². The van der Waals surface area contributed by atoms with Crippen LogP contribution in [0.1, 0.15) is 58.4 Å². The quantitative estimate of drug-likeness (QED) is 0.0702. The molecule has 0 aromatic heterocycles. The average molecular weight is 664 g/mol. The molecule has 6 amide bonds. The van der Waals surface area contributed by atoms with Gasteiger partial charge in [0, 0.05) is 37.5 Å². The Kier molecular flexibility index (Phi) is 17.0. The summed E-state index contributed by atoms with van der Waals surface area (Å²) >= 11 is 2.98. The zero-order valence-corrected chi connectivity index (χ0v) is 28.6. The number of carbonyl (C=O) groups is 5. The Balaban J connectivity index is 1.95. The van der Waals surface area contributed by atoms with Gasteiger partial charge < -0.3 is 32.0 Å². The smallest absolute Gasteiger partial charge is 0.319 e. The van der Waals surface area contributed by atoms with Gasteiger partial charge in [-0.2, -0.15) is 11.8 Å². The van der Waals surface area contributed by atoms with Gasteiger partial charge in [-0.05, 0) is 74.6 Å². The highest BCUT2D eigenvalue weighted by Gasteiger charge is 2.38. The van der Waals surface area contributed by atoms with Gasteiger partial charge in [0.15, 0.2) is 0 Å². The summed E-state index contributed by atoms with van der Waals surface area (Å²) in [4.78, 5) is 65.9. The molecule has 0 spiro atoms. The number of imide groups is 1. The number of hydrogen-bond donors (Lipinski definition) is 6. The molecule has 0 saturated carbocycles. The fourth-order valence-corrected chi connectivity index (χ4v) is 6.27. The Bertz CT molecular complexity index is 1170. The van der Waals surface area contributed by atoms with E-state index in [0.717, 1.165) is 12.0 Å². The van der Waals surface area contributed by atoms with Crippen molar-refractivity contribution < 1.29 is 24.0 Å². The van der Waals surface area contributed by atoms with E-state index in [9.17, 15) is 24.0 Å². The molecule has 250 valence electrons. The molecule has 0 aliphatic carbocycles. The topological polar surface area (TPSA) is 173 Å². The number of anilines is 1. The second-order valence-electron chi connectivity index (χ2n) is 11.2. The zero-order valence-electron chi connectivity index (χ0n) is 27.0. The molecule has 4 atom stereocenters. The van der Waals surface area contributed by atoms with E-state index in [1.54, 1.807) is 30.8 Å². The van der Waals surface area contributed by atoms with Crippen LogP contribution in [0.4, 0.5) is 10.5 Å². The molecular formula is C31H49N7O5S2. The lowest BCUT2D eigenvalue weighted by molar-refractivity contribution is -0.138. The predicted molar refractivity (Wildman–Crippen MR) is 183 cm³/mol. The minimum Gasteiger partial charge on any atom is -0.353 e. The van der Waals surface area contributed by atoms with Crippen LogP contribution in [-0.2, 0) is 25.7 Å². The first kappa shape index (κ1) is 38.1. The number of nitrogens with one attached hydrogen (secondary N) is 6. The van der Waals surface area contributed by atoms with Gasteiger partial charge in [0.25, 0.3) is 0 Å². The Morgan fingerprint density at radius 1 is 1.09 bits per heavy atom. The summed E-state index contributed by atoms with van der Waals surface area (Å²) in [5.74, 6) is -0.299. The van der Waals surface area contributed by atoms with Crippen LogP contribution in [0, 0.1) is 11.3 Å². The number of urea groups is 1. The van der Waals surface area contributed by atoms with Crippen molar-refractivity contribution in [1.29, 1.82) is 5.41 Å². The van der Waals surface area contributed by atoms with Crippen molar-refractivity contribution in [3.8, 4) is 0 Å². The van der Waals surface area contributed by atoms with E-state index in [2.05, 4.69) is 26.6 Å². The SMILES string of the molecule is CC[C@H](C)[C@H](NC(=O)[C@H](CCSC)NC(=O)Nc1ccc(CNC)cc1)C(=O)NCCN1C(=O)CC(SCCCC(C)=N)C1=O. The lowest BCUT2D eigenvalue weighted by atomic mass is 9.97. The summed E-state index contributed by atoms with van der Waals surface area (Å²) in [6.45, 7) is 6.33. The maximum absolute atomic E-state index is 13.4. The molecular weight excluding hydrogens is 615 g/mol. The Labute approximate surface area is 275 Å². The second kappa shape index (κ2) is 20.1. The monoisotopic (exact) mass is 663 g/mol. The van der Waals surface area contributed by atoms with Crippen LogP contribution in [-0.4, -0.2) is 95.5 Å². The highest BCUT2D eigenvalue weighted by atomic mass is 32.2. The van der Waals surface area contributed by atoms with Crippen molar-refractivity contribution in [1.82, 2.24) is 26.2 Å². The van der Waals surface area contributed by atoms with Gasteiger partial charge in [0.2, 0.25) is 23.6 Å². The first-order chi connectivity index (χ1) is 21.5. The zero-order chi connectivity index (χ0) is 33.4. The van der Waals surface area contributed by atoms with Gasteiger partial charge in [-0.1, -0.05) is 32.4 Å². The average Bonchev–Trinajstić information content (AvgIpc) is 3.28. The lowest BCUT2D eigenvalue weighted by Crippen LogP contribution is -2.56. The summed E-state index contributed by atoms with van der Waals surface area (Å²) in [6.07, 6.45) is 4.47. The molecule has 1 saturated heterocycles. The number of carbonyl (C=O) groups excluding carboxylic acids is 5. The van der Waals surface area contributed by atoms with Gasteiger partial charge in [0.1, 0.15) is 12.1 Å². The van der Waals surface area contributed by atoms with Gasteiger partial charge in [-0.25, -0.2) is 4.79 Å². The van der Waals surface area contributed by atoms with Gasteiger partial charge in [0.05, 0.1) is 5.25 Å². The number of amides is 6. The predicted octanol–water partition coefficient (Wildman–Crippen LogP) is 2.98. The molecule has 0 bridgehead atoms. The highest BCUT2D eigenvalue weighted by molar-refractivity contribution is 8.00. The Hall–Kier alpha value is -3.10. The van der Waals surface area contributed by atoms with Crippen molar-refractivity contribution in [3.63, 3.8) is 0 Å². The summed E-state index contributed by atoms with van der Waals surface area (Å²) in [5, 5.41) is 21.3. The molecule has 1 unspecified atom stereocenters. The van der Waals surface area contributed by atoms with Gasteiger partial charge in [-0.3, -0.25) is 24.1 Å². The van der Waals surface area contributed by atoms with Crippen LogP contribution in [0.25, 0.3) is 0 Å². The van der Waals surface area contributed by atoms with Crippen molar-refractivity contribution in [2.45, 2.75) is 76.8 Å². The second-order valence-corrected chi connectivity index (χ2v) is 13.4. The first-order valence-electron chi connectivity index (χ1n) is 15.4. The maximum atomic E-state index is 13.4. The van der Waals surface area contributed by atoms with E-state index in [1.807, 2.05) is 39.3 Å². The third kappa shape index (κ3) is 13.0. The third-order valence-corrected chi connectivity index (χ3v) is 9.41. The number of hydrogen-bond acceptors (Lipinski definition) is 9. The normalized spacial score (nSPS) is 16.6. The van der Waals surface area contributed by atoms with Crippen LogP contribution in [0.15, 0.2) is 24.3 Å². The lowest BCUT2D eigenvalue weighted by Gasteiger charge is -2.27.